The maximum absolute atomic E-state index is 2.28. The van der Waals surface area contributed by atoms with Gasteiger partial charge in [0, 0.05) is 0 Å². The Morgan fingerprint density at radius 3 is 1.55 bits per heavy atom. The van der Waals surface area contributed by atoms with Gasteiger partial charge in [0.2, 0.25) is 0 Å². The second kappa shape index (κ2) is 6.21. The van der Waals surface area contributed by atoms with Gasteiger partial charge in [0.1, 0.15) is 0 Å². The van der Waals surface area contributed by atoms with Crippen LogP contribution in [0.25, 0.3) is 0 Å². The van der Waals surface area contributed by atoms with Crippen LogP contribution in [0.5, 0.6) is 0 Å². The van der Waals surface area contributed by atoms with Crippen LogP contribution in [0.1, 0.15) is 44.9 Å². The molecule has 0 heteroatoms. The molecule has 0 aromatic heterocycles. The maximum Gasteiger partial charge on any atom is -0.0348 e. The van der Waals surface area contributed by atoms with Crippen LogP contribution in [0.15, 0.2) is 24.3 Å². The Kier molecular flexibility index (Phi) is 4.84. The molecule has 0 unspecified atom stereocenters. The van der Waals surface area contributed by atoms with Crippen molar-refractivity contribution in [3.05, 3.63) is 24.3 Å². The first-order valence-corrected chi connectivity index (χ1v) is 4.82. The van der Waals surface area contributed by atoms with Crippen molar-refractivity contribution in [1.82, 2.24) is 0 Å². The monoisotopic (exact) mass is 150 g/mol. The Morgan fingerprint density at radius 1 is 0.545 bits per heavy atom. The van der Waals surface area contributed by atoms with E-state index < -0.39 is 0 Å². The molecule has 0 aromatic rings. The molecule has 1 aliphatic carbocycles. The van der Waals surface area contributed by atoms with E-state index in [1.54, 1.807) is 0 Å². The first-order chi connectivity index (χ1) is 5.50. The van der Waals surface area contributed by atoms with Gasteiger partial charge in [0.25, 0.3) is 0 Å². The minimum Gasteiger partial charge on any atom is -0.0845 e. The van der Waals surface area contributed by atoms with Gasteiger partial charge in [0.15, 0.2) is 0 Å². The fraction of sp³-hybridized carbons (Fsp3) is 0.636. The summed E-state index contributed by atoms with van der Waals surface area (Å²) in [5, 5.41) is 0. The molecule has 0 aliphatic heterocycles. The van der Waals surface area contributed by atoms with Gasteiger partial charge >= 0.3 is 0 Å². The maximum atomic E-state index is 2.28. The SMILES string of the molecule is C1=CCCCCCCCC=C1. The third kappa shape index (κ3) is 4.83. The van der Waals surface area contributed by atoms with E-state index in [0.29, 0.717) is 0 Å². The molecule has 0 nitrogen and oxygen atoms in total. The summed E-state index contributed by atoms with van der Waals surface area (Å²) in [6, 6.07) is 0. The van der Waals surface area contributed by atoms with E-state index in [0.717, 1.165) is 0 Å². The minimum atomic E-state index is 1.27. The first kappa shape index (κ1) is 8.58. The van der Waals surface area contributed by atoms with Crippen LogP contribution in [0, 0.1) is 0 Å². The second-order valence-corrected chi connectivity index (χ2v) is 3.20. The van der Waals surface area contributed by atoms with Crippen LogP contribution in [-0.2, 0) is 0 Å². The highest BCUT2D eigenvalue weighted by molar-refractivity contribution is 5.02. The highest BCUT2D eigenvalue weighted by Gasteiger charge is 1.89. The lowest BCUT2D eigenvalue weighted by Gasteiger charge is -1.96. The van der Waals surface area contributed by atoms with Crippen molar-refractivity contribution in [3.8, 4) is 0 Å². The fourth-order valence-corrected chi connectivity index (χ4v) is 1.40. The fourth-order valence-electron chi connectivity index (χ4n) is 1.40. The Bertz CT molecular complexity index is 115. The summed E-state index contributed by atoms with van der Waals surface area (Å²) in [5.41, 5.74) is 0. The summed E-state index contributed by atoms with van der Waals surface area (Å²) >= 11 is 0. The third-order valence-electron chi connectivity index (χ3n) is 2.12. The quantitative estimate of drug-likeness (QED) is 0.492. The topological polar surface area (TPSA) is 0 Å². The lowest BCUT2D eigenvalue weighted by Crippen LogP contribution is -1.76. The molecule has 0 N–H and O–H groups in total. The lowest BCUT2D eigenvalue weighted by molar-refractivity contribution is 0.623. The Balaban J connectivity index is 2.22. The van der Waals surface area contributed by atoms with Crippen molar-refractivity contribution in [1.29, 1.82) is 0 Å². The molecule has 0 spiro atoms. The standard InChI is InChI=1S/C11H18/c1-2-4-6-8-10-11-9-7-5-3-1/h1-4H,5-11H2. The van der Waals surface area contributed by atoms with Crippen molar-refractivity contribution in [3.63, 3.8) is 0 Å². The zero-order valence-corrected chi connectivity index (χ0v) is 7.26. The van der Waals surface area contributed by atoms with E-state index in [9.17, 15) is 0 Å². The summed E-state index contributed by atoms with van der Waals surface area (Å²) in [6.07, 6.45) is 18.5. The molecule has 0 radical (unpaired) electrons. The zero-order valence-electron chi connectivity index (χ0n) is 7.26. The van der Waals surface area contributed by atoms with Gasteiger partial charge in [0.05, 0.1) is 0 Å². The molecule has 0 saturated carbocycles. The van der Waals surface area contributed by atoms with E-state index in [1.807, 2.05) is 0 Å². The summed E-state index contributed by atoms with van der Waals surface area (Å²) in [5.74, 6) is 0. The number of hydrogen-bond acceptors (Lipinski definition) is 0. The number of rotatable bonds is 0. The van der Waals surface area contributed by atoms with Crippen molar-refractivity contribution in [2.24, 2.45) is 0 Å². The third-order valence-corrected chi connectivity index (χ3v) is 2.12. The Labute approximate surface area is 70.0 Å². The van der Waals surface area contributed by atoms with Crippen molar-refractivity contribution in [2.45, 2.75) is 44.9 Å². The Hall–Kier alpha value is -0.520. The van der Waals surface area contributed by atoms with E-state index >= 15 is 0 Å². The molecule has 0 fully saturated rings. The predicted molar refractivity (Wildman–Crippen MR) is 50.6 cm³/mol. The molecule has 0 aromatic carbocycles. The molecule has 0 amide bonds. The molecule has 0 saturated heterocycles. The Morgan fingerprint density at radius 2 is 1.00 bits per heavy atom. The van der Waals surface area contributed by atoms with Crippen LogP contribution < -0.4 is 0 Å². The summed E-state index contributed by atoms with van der Waals surface area (Å²) in [4.78, 5) is 0. The first-order valence-electron chi connectivity index (χ1n) is 4.82. The minimum absolute atomic E-state index is 1.27. The van der Waals surface area contributed by atoms with Crippen LogP contribution >= 0.6 is 0 Å². The van der Waals surface area contributed by atoms with Crippen LogP contribution in [-0.4, -0.2) is 0 Å². The van der Waals surface area contributed by atoms with Gasteiger partial charge in [-0.05, 0) is 25.7 Å². The molecular weight excluding hydrogens is 132 g/mol. The number of allylic oxidation sites excluding steroid dienone is 4. The summed E-state index contributed by atoms with van der Waals surface area (Å²) in [7, 11) is 0. The van der Waals surface area contributed by atoms with Crippen molar-refractivity contribution < 1.29 is 0 Å². The van der Waals surface area contributed by atoms with E-state index in [-0.39, 0.29) is 0 Å². The molecule has 0 bridgehead atoms. The van der Waals surface area contributed by atoms with Gasteiger partial charge in [-0.3, -0.25) is 0 Å². The largest absolute Gasteiger partial charge is 0.0845 e. The van der Waals surface area contributed by atoms with Crippen LogP contribution in [0.2, 0.25) is 0 Å². The summed E-state index contributed by atoms with van der Waals surface area (Å²) < 4.78 is 0. The molecule has 0 atom stereocenters. The van der Waals surface area contributed by atoms with Crippen molar-refractivity contribution in [2.75, 3.05) is 0 Å². The average Bonchev–Trinajstić information content (AvgIpc) is 2.08. The predicted octanol–water partition coefficient (Wildman–Crippen LogP) is 3.84. The zero-order chi connectivity index (χ0) is 7.78. The molecular formula is C11H18. The molecule has 1 aliphatic rings. The van der Waals surface area contributed by atoms with E-state index in [2.05, 4.69) is 24.3 Å². The van der Waals surface area contributed by atoms with Gasteiger partial charge < -0.3 is 0 Å². The van der Waals surface area contributed by atoms with Gasteiger partial charge in [-0.15, -0.1) is 0 Å². The molecule has 1 rings (SSSR count). The van der Waals surface area contributed by atoms with Gasteiger partial charge in [-0.1, -0.05) is 43.6 Å². The molecule has 62 valence electrons. The van der Waals surface area contributed by atoms with Crippen LogP contribution in [0.4, 0.5) is 0 Å². The van der Waals surface area contributed by atoms with E-state index in [1.165, 1.54) is 44.9 Å². The van der Waals surface area contributed by atoms with Gasteiger partial charge in [-0.25, -0.2) is 0 Å². The highest BCUT2D eigenvalue weighted by Crippen LogP contribution is 2.09. The molecule has 11 heavy (non-hydrogen) atoms. The second-order valence-electron chi connectivity index (χ2n) is 3.20. The van der Waals surface area contributed by atoms with Gasteiger partial charge in [-0.2, -0.15) is 0 Å². The number of hydrogen-bond donors (Lipinski definition) is 0. The highest BCUT2D eigenvalue weighted by atomic mass is 14.0. The smallest absolute Gasteiger partial charge is 0.0348 e. The summed E-state index contributed by atoms with van der Waals surface area (Å²) in [6.45, 7) is 0. The van der Waals surface area contributed by atoms with Crippen molar-refractivity contribution >= 4 is 0 Å². The average molecular weight is 150 g/mol. The lowest BCUT2D eigenvalue weighted by atomic mass is 10.1. The normalized spacial score (nSPS) is 21.1. The van der Waals surface area contributed by atoms with E-state index in [4.69, 9.17) is 0 Å². The molecule has 0 heterocycles. The van der Waals surface area contributed by atoms with Crippen LogP contribution in [0.3, 0.4) is 0 Å².